The first-order chi connectivity index (χ1) is 9.02. The maximum atomic E-state index is 11.6. The lowest BCUT2D eigenvalue weighted by atomic mass is 9.93. The Labute approximate surface area is 113 Å². The Morgan fingerprint density at radius 3 is 2.68 bits per heavy atom. The molecular weight excluding hydrogens is 244 g/mol. The molecule has 1 atom stereocenters. The number of Topliss-reactive ketones (excluding diaryl/α,β-unsaturated/α-hetero) is 1. The van der Waals surface area contributed by atoms with Gasteiger partial charge in [0.15, 0.2) is 0 Å². The van der Waals surface area contributed by atoms with Gasteiger partial charge in [-0.2, -0.15) is 0 Å². The van der Waals surface area contributed by atoms with Gasteiger partial charge in [-0.15, -0.1) is 0 Å². The first-order valence-electron chi connectivity index (χ1n) is 6.81. The molecule has 0 heterocycles. The van der Waals surface area contributed by atoms with Crippen molar-refractivity contribution < 1.29 is 14.4 Å². The topological polar surface area (TPSA) is 89.3 Å². The van der Waals surface area contributed by atoms with E-state index < -0.39 is 11.9 Å². The third-order valence-electron chi connectivity index (χ3n) is 3.25. The number of rotatable bonds is 7. The van der Waals surface area contributed by atoms with Crippen LogP contribution in [0.3, 0.4) is 0 Å². The van der Waals surface area contributed by atoms with Gasteiger partial charge >= 0.3 is 0 Å². The fraction of sp³-hybridized carbons (Fsp3) is 0.643. The van der Waals surface area contributed by atoms with Crippen LogP contribution in [0.4, 0.5) is 0 Å². The zero-order chi connectivity index (χ0) is 14.3. The van der Waals surface area contributed by atoms with Crippen LogP contribution < -0.4 is 11.1 Å². The van der Waals surface area contributed by atoms with E-state index in [1.165, 1.54) is 0 Å². The fourth-order valence-corrected chi connectivity index (χ4v) is 2.04. The maximum absolute atomic E-state index is 11.6. The Kier molecular flexibility index (Phi) is 6.25. The van der Waals surface area contributed by atoms with E-state index >= 15 is 0 Å². The molecule has 0 aliphatic heterocycles. The molecule has 106 valence electrons. The molecule has 0 saturated heterocycles. The van der Waals surface area contributed by atoms with Crippen molar-refractivity contribution in [3.8, 4) is 0 Å². The molecule has 2 amide bonds. The van der Waals surface area contributed by atoms with E-state index in [2.05, 4.69) is 5.32 Å². The van der Waals surface area contributed by atoms with E-state index in [0.29, 0.717) is 32.1 Å². The lowest BCUT2D eigenvalue weighted by Gasteiger charge is -2.19. The van der Waals surface area contributed by atoms with Crippen LogP contribution in [0.5, 0.6) is 0 Å². The van der Waals surface area contributed by atoms with Gasteiger partial charge in [-0.1, -0.05) is 25.0 Å². The van der Waals surface area contributed by atoms with Crippen LogP contribution in [0.25, 0.3) is 0 Å². The standard InChI is InChI=1S/C14H22N2O3/c1-2-3-4-13(18)16-12(14(15)19)9-10-5-7-11(17)8-6-10/h5,12H,2-4,6-9H2,1H3,(H2,15,19)(H,16,18). The highest BCUT2D eigenvalue weighted by Crippen LogP contribution is 2.19. The Morgan fingerprint density at radius 1 is 1.42 bits per heavy atom. The number of carbonyl (C=O) groups excluding carboxylic acids is 3. The van der Waals surface area contributed by atoms with Crippen LogP contribution in [0.1, 0.15) is 51.9 Å². The summed E-state index contributed by atoms with van der Waals surface area (Å²) in [6.45, 7) is 2.00. The molecule has 0 aromatic heterocycles. The molecule has 1 rings (SSSR count). The van der Waals surface area contributed by atoms with E-state index in [1.54, 1.807) is 0 Å². The number of primary amides is 1. The molecule has 3 N–H and O–H groups in total. The Hall–Kier alpha value is -1.65. The lowest BCUT2D eigenvalue weighted by Crippen LogP contribution is -2.44. The van der Waals surface area contributed by atoms with Crippen molar-refractivity contribution in [1.29, 1.82) is 0 Å². The smallest absolute Gasteiger partial charge is 0.240 e. The molecule has 1 aliphatic carbocycles. The molecule has 19 heavy (non-hydrogen) atoms. The molecule has 5 heteroatoms. The van der Waals surface area contributed by atoms with Gasteiger partial charge in [0, 0.05) is 19.3 Å². The monoisotopic (exact) mass is 266 g/mol. The summed E-state index contributed by atoms with van der Waals surface area (Å²) in [6, 6.07) is -0.663. The van der Waals surface area contributed by atoms with Gasteiger partial charge < -0.3 is 11.1 Å². The zero-order valence-electron chi connectivity index (χ0n) is 11.4. The number of carbonyl (C=O) groups is 3. The molecule has 0 spiro atoms. The van der Waals surface area contributed by atoms with E-state index in [4.69, 9.17) is 5.73 Å². The minimum atomic E-state index is -0.663. The Balaban J connectivity index is 2.51. The van der Waals surface area contributed by atoms with E-state index in [0.717, 1.165) is 18.4 Å². The van der Waals surface area contributed by atoms with Crippen molar-refractivity contribution in [1.82, 2.24) is 5.32 Å². The fourth-order valence-electron chi connectivity index (χ4n) is 2.04. The summed E-state index contributed by atoms with van der Waals surface area (Å²) in [6.07, 6.45) is 6.01. The Bertz CT molecular complexity index is 388. The van der Waals surface area contributed by atoms with Crippen molar-refractivity contribution in [2.45, 2.75) is 57.9 Å². The van der Waals surface area contributed by atoms with Crippen LogP contribution in [-0.4, -0.2) is 23.6 Å². The minimum absolute atomic E-state index is 0.141. The van der Waals surface area contributed by atoms with Crippen LogP contribution in [0, 0.1) is 0 Å². The quantitative estimate of drug-likeness (QED) is 0.679. The predicted octanol–water partition coefficient (Wildman–Crippen LogP) is 1.22. The van der Waals surface area contributed by atoms with Gasteiger partial charge in [0.25, 0.3) is 0 Å². The number of hydrogen-bond acceptors (Lipinski definition) is 3. The number of nitrogens with two attached hydrogens (primary N) is 1. The second-order valence-corrected chi connectivity index (χ2v) is 4.94. The van der Waals surface area contributed by atoms with Crippen LogP contribution in [0.2, 0.25) is 0 Å². The van der Waals surface area contributed by atoms with Crippen molar-refractivity contribution in [2.75, 3.05) is 0 Å². The second kappa shape index (κ2) is 7.71. The Morgan fingerprint density at radius 2 is 2.16 bits per heavy atom. The molecule has 1 aliphatic rings. The number of nitrogens with one attached hydrogen (secondary N) is 1. The molecule has 0 aromatic carbocycles. The van der Waals surface area contributed by atoms with Crippen molar-refractivity contribution >= 4 is 17.6 Å². The number of allylic oxidation sites excluding steroid dienone is 1. The molecule has 0 fully saturated rings. The van der Waals surface area contributed by atoms with Gasteiger partial charge in [-0.25, -0.2) is 0 Å². The average molecular weight is 266 g/mol. The maximum Gasteiger partial charge on any atom is 0.240 e. The van der Waals surface area contributed by atoms with Gasteiger partial charge in [-0.3, -0.25) is 14.4 Å². The molecule has 0 radical (unpaired) electrons. The molecule has 0 saturated carbocycles. The van der Waals surface area contributed by atoms with Crippen molar-refractivity contribution in [3.05, 3.63) is 11.6 Å². The van der Waals surface area contributed by atoms with Crippen LogP contribution in [0.15, 0.2) is 11.6 Å². The van der Waals surface area contributed by atoms with Gasteiger partial charge in [0.1, 0.15) is 11.8 Å². The number of unbranched alkanes of at least 4 members (excludes halogenated alkanes) is 1. The van der Waals surface area contributed by atoms with Gasteiger partial charge in [-0.05, 0) is 19.3 Å². The molecule has 0 bridgehead atoms. The minimum Gasteiger partial charge on any atom is -0.368 e. The first-order valence-corrected chi connectivity index (χ1v) is 6.81. The number of amides is 2. The normalized spacial score (nSPS) is 16.7. The molecule has 0 aromatic rings. The van der Waals surface area contributed by atoms with Crippen molar-refractivity contribution in [2.24, 2.45) is 5.73 Å². The summed E-state index contributed by atoms with van der Waals surface area (Å²) in [7, 11) is 0. The van der Waals surface area contributed by atoms with E-state index in [1.807, 2.05) is 13.0 Å². The number of ketones is 1. The largest absolute Gasteiger partial charge is 0.368 e. The summed E-state index contributed by atoms with van der Waals surface area (Å²) < 4.78 is 0. The molecule has 1 unspecified atom stereocenters. The molecule has 5 nitrogen and oxygen atoms in total. The zero-order valence-corrected chi connectivity index (χ0v) is 11.4. The summed E-state index contributed by atoms with van der Waals surface area (Å²) >= 11 is 0. The molecular formula is C14H22N2O3. The SMILES string of the molecule is CCCCC(=O)NC(CC1=CCC(=O)CC1)C(N)=O. The van der Waals surface area contributed by atoms with E-state index in [-0.39, 0.29) is 11.7 Å². The highest BCUT2D eigenvalue weighted by molar-refractivity contribution is 5.87. The highest BCUT2D eigenvalue weighted by atomic mass is 16.2. The highest BCUT2D eigenvalue weighted by Gasteiger charge is 2.21. The summed E-state index contributed by atoms with van der Waals surface area (Å²) in [4.78, 5) is 34.1. The van der Waals surface area contributed by atoms with Gasteiger partial charge in [0.2, 0.25) is 11.8 Å². The van der Waals surface area contributed by atoms with Crippen LogP contribution >= 0.6 is 0 Å². The third kappa shape index (κ3) is 5.68. The predicted molar refractivity (Wildman–Crippen MR) is 72.2 cm³/mol. The second-order valence-electron chi connectivity index (χ2n) is 4.94. The summed E-state index contributed by atoms with van der Waals surface area (Å²) in [5.41, 5.74) is 6.34. The van der Waals surface area contributed by atoms with Crippen molar-refractivity contribution in [3.63, 3.8) is 0 Å². The summed E-state index contributed by atoms with van der Waals surface area (Å²) in [5.74, 6) is -0.452. The lowest BCUT2D eigenvalue weighted by molar-refractivity contribution is -0.127. The number of hydrogen-bond donors (Lipinski definition) is 2. The summed E-state index contributed by atoms with van der Waals surface area (Å²) in [5, 5.41) is 2.67. The van der Waals surface area contributed by atoms with E-state index in [9.17, 15) is 14.4 Å². The van der Waals surface area contributed by atoms with Gasteiger partial charge in [0.05, 0.1) is 0 Å². The first kappa shape index (κ1) is 15.4. The average Bonchev–Trinajstić information content (AvgIpc) is 2.38. The third-order valence-corrected chi connectivity index (χ3v) is 3.25. The van der Waals surface area contributed by atoms with Crippen LogP contribution in [-0.2, 0) is 14.4 Å².